The van der Waals surface area contributed by atoms with E-state index in [2.05, 4.69) is 10.1 Å². The summed E-state index contributed by atoms with van der Waals surface area (Å²) in [7, 11) is 1.21. The number of rotatable bonds is 6. The van der Waals surface area contributed by atoms with Crippen molar-refractivity contribution >= 4 is 17.8 Å². The van der Waals surface area contributed by atoms with Gasteiger partial charge in [-0.15, -0.1) is 0 Å². The molecule has 0 heterocycles. The Morgan fingerprint density at radius 2 is 1.76 bits per heavy atom. The van der Waals surface area contributed by atoms with Gasteiger partial charge in [-0.2, -0.15) is 0 Å². The van der Waals surface area contributed by atoms with Gasteiger partial charge in [-0.25, -0.2) is 9.59 Å². The van der Waals surface area contributed by atoms with E-state index in [-0.39, 0.29) is 12.5 Å². The van der Waals surface area contributed by atoms with Crippen LogP contribution >= 0.6 is 0 Å². The van der Waals surface area contributed by atoms with Gasteiger partial charge >= 0.3 is 11.9 Å². The smallest absolute Gasteiger partial charge is 0.331 e. The van der Waals surface area contributed by atoms with Gasteiger partial charge in [0.1, 0.15) is 6.61 Å². The Morgan fingerprint density at radius 3 is 2.33 bits per heavy atom. The second kappa shape index (κ2) is 8.52. The predicted octanol–water partition coefficient (Wildman–Crippen LogP) is 1.14. The third kappa shape index (κ3) is 6.38. The monoisotopic (exact) mass is 291 g/mol. The number of carbonyl (C=O) groups is 3. The van der Waals surface area contributed by atoms with E-state index in [4.69, 9.17) is 4.74 Å². The first-order valence-corrected chi connectivity index (χ1v) is 6.27. The molecule has 0 unspecified atom stereocenters. The highest BCUT2D eigenvalue weighted by Crippen LogP contribution is 2.13. The van der Waals surface area contributed by atoms with Gasteiger partial charge in [0.05, 0.1) is 13.2 Å². The normalized spacial score (nSPS) is 11.7. The van der Waals surface area contributed by atoms with Gasteiger partial charge in [-0.3, -0.25) is 4.79 Å². The predicted molar refractivity (Wildman–Crippen MR) is 75.1 cm³/mol. The summed E-state index contributed by atoms with van der Waals surface area (Å²) in [5.74, 6) is -1.56. The topological polar surface area (TPSA) is 81.7 Å². The Morgan fingerprint density at radius 1 is 1.14 bits per heavy atom. The highest BCUT2D eigenvalue weighted by Gasteiger charge is 2.14. The summed E-state index contributed by atoms with van der Waals surface area (Å²) < 4.78 is 9.36. The number of hydrogen-bond donors (Lipinski definition) is 1. The molecule has 1 rings (SSSR count). The lowest BCUT2D eigenvalue weighted by molar-refractivity contribution is -0.140. The lowest BCUT2D eigenvalue weighted by atomic mass is 10.1. The van der Waals surface area contributed by atoms with Gasteiger partial charge < -0.3 is 14.8 Å². The minimum absolute atomic E-state index is 0.0338. The van der Waals surface area contributed by atoms with Crippen LogP contribution in [0.2, 0.25) is 0 Å². The Labute approximate surface area is 122 Å². The second-order valence-electron chi connectivity index (χ2n) is 4.15. The van der Waals surface area contributed by atoms with Crippen molar-refractivity contribution in [3.8, 4) is 0 Å². The molecule has 0 spiro atoms. The van der Waals surface area contributed by atoms with Crippen molar-refractivity contribution in [2.24, 2.45) is 0 Å². The molecular weight excluding hydrogens is 274 g/mol. The minimum atomic E-state index is -0.688. The molecule has 0 aromatic heterocycles. The van der Waals surface area contributed by atoms with E-state index >= 15 is 0 Å². The third-order valence-electron chi connectivity index (χ3n) is 2.53. The SMILES string of the molecule is COC(=O)/C=C/C(=O)OC[C@H](NC(C)=O)c1ccccc1. The van der Waals surface area contributed by atoms with Crippen LogP contribution in [0.4, 0.5) is 0 Å². The summed E-state index contributed by atoms with van der Waals surface area (Å²) in [5.41, 5.74) is 0.817. The van der Waals surface area contributed by atoms with Crippen LogP contribution in [0.15, 0.2) is 42.5 Å². The van der Waals surface area contributed by atoms with Crippen LogP contribution in [0.1, 0.15) is 18.5 Å². The standard InChI is InChI=1S/C15H17NO5/c1-11(17)16-13(12-6-4-3-5-7-12)10-21-15(19)9-8-14(18)20-2/h3-9,13H,10H2,1-2H3,(H,16,17)/b9-8+/t13-/m0/s1. The summed E-state index contributed by atoms with van der Waals surface area (Å²) in [6.45, 7) is 1.35. The number of hydrogen-bond acceptors (Lipinski definition) is 5. The molecule has 0 radical (unpaired) electrons. The van der Waals surface area contributed by atoms with E-state index in [0.717, 1.165) is 17.7 Å². The molecule has 0 saturated heterocycles. The zero-order valence-electron chi connectivity index (χ0n) is 11.9. The van der Waals surface area contributed by atoms with Gasteiger partial charge in [0.25, 0.3) is 0 Å². The zero-order chi connectivity index (χ0) is 15.7. The van der Waals surface area contributed by atoms with Gasteiger partial charge in [-0.05, 0) is 5.56 Å². The van der Waals surface area contributed by atoms with Crippen LogP contribution in [0.3, 0.4) is 0 Å². The van der Waals surface area contributed by atoms with Crippen molar-refractivity contribution < 1.29 is 23.9 Å². The molecule has 1 N–H and O–H groups in total. The maximum Gasteiger partial charge on any atom is 0.331 e. The van der Waals surface area contributed by atoms with E-state index in [0.29, 0.717) is 0 Å². The molecule has 21 heavy (non-hydrogen) atoms. The molecule has 0 saturated carbocycles. The van der Waals surface area contributed by atoms with Crippen molar-refractivity contribution in [1.29, 1.82) is 0 Å². The fraction of sp³-hybridized carbons (Fsp3) is 0.267. The number of esters is 2. The largest absolute Gasteiger partial charge is 0.466 e. The van der Waals surface area contributed by atoms with Crippen molar-refractivity contribution in [1.82, 2.24) is 5.32 Å². The molecule has 112 valence electrons. The van der Waals surface area contributed by atoms with Gasteiger partial charge in [-0.1, -0.05) is 30.3 Å². The number of ether oxygens (including phenoxy) is 2. The average Bonchev–Trinajstić information content (AvgIpc) is 2.49. The molecule has 6 nitrogen and oxygen atoms in total. The third-order valence-corrected chi connectivity index (χ3v) is 2.53. The highest BCUT2D eigenvalue weighted by molar-refractivity contribution is 5.91. The van der Waals surface area contributed by atoms with Crippen molar-refractivity contribution in [3.63, 3.8) is 0 Å². The number of amides is 1. The Balaban J connectivity index is 2.62. The van der Waals surface area contributed by atoms with E-state index in [1.165, 1.54) is 14.0 Å². The minimum Gasteiger partial charge on any atom is -0.466 e. The first-order chi connectivity index (χ1) is 10.0. The van der Waals surface area contributed by atoms with Gasteiger partial charge in [0, 0.05) is 19.1 Å². The number of methoxy groups -OCH3 is 1. The fourth-order valence-electron chi connectivity index (χ4n) is 1.57. The van der Waals surface area contributed by atoms with Crippen LogP contribution in [-0.2, 0) is 23.9 Å². The van der Waals surface area contributed by atoms with Crippen molar-refractivity contribution in [2.45, 2.75) is 13.0 Å². The molecule has 0 fully saturated rings. The molecule has 1 aromatic rings. The Bertz CT molecular complexity index is 524. The summed E-state index contributed by atoms with van der Waals surface area (Å²) >= 11 is 0. The van der Waals surface area contributed by atoms with E-state index < -0.39 is 18.0 Å². The lowest BCUT2D eigenvalue weighted by Gasteiger charge is -2.17. The Kier molecular flexibility index (Phi) is 6.67. The summed E-state index contributed by atoms with van der Waals surface area (Å²) in [5, 5.41) is 2.70. The van der Waals surface area contributed by atoms with Crippen LogP contribution in [0.25, 0.3) is 0 Å². The zero-order valence-corrected chi connectivity index (χ0v) is 11.9. The highest BCUT2D eigenvalue weighted by atomic mass is 16.5. The van der Waals surface area contributed by atoms with Crippen molar-refractivity contribution in [3.05, 3.63) is 48.0 Å². The average molecular weight is 291 g/mol. The summed E-state index contributed by atoms with van der Waals surface area (Å²) in [4.78, 5) is 33.5. The first-order valence-electron chi connectivity index (χ1n) is 6.27. The molecule has 1 aromatic carbocycles. The van der Waals surface area contributed by atoms with E-state index in [1.807, 2.05) is 30.3 Å². The number of benzene rings is 1. The molecule has 0 aliphatic carbocycles. The lowest BCUT2D eigenvalue weighted by Crippen LogP contribution is -2.30. The second-order valence-corrected chi connectivity index (χ2v) is 4.15. The molecular formula is C15H17NO5. The van der Waals surface area contributed by atoms with Gasteiger partial charge in [0.2, 0.25) is 5.91 Å². The molecule has 1 amide bonds. The molecule has 0 aliphatic rings. The fourth-order valence-corrected chi connectivity index (χ4v) is 1.57. The van der Waals surface area contributed by atoms with Crippen LogP contribution in [-0.4, -0.2) is 31.6 Å². The maximum atomic E-state index is 11.5. The van der Waals surface area contributed by atoms with E-state index in [9.17, 15) is 14.4 Å². The number of carbonyl (C=O) groups excluding carboxylic acids is 3. The first kappa shape index (κ1) is 16.4. The quantitative estimate of drug-likeness (QED) is 0.628. The van der Waals surface area contributed by atoms with Crippen molar-refractivity contribution in [2.75, 3.05) is 13.7 Å². The molecule has 6 heteroatoms. The molecule has 1 atom stereocenters. The maximum absolute atomic E-state index is 11.5. The van der Waals surface area contributed by atoms with Crippen LogP contribution in [0, 0.1) is 0 Å². The van der Waals surface area contributed by atoms with Gasteiger partial charge in [0.15, 0.2) is 0 Å². The Hall–Kier alpha value is -2.63. The van der Waals surface area contributed by atoms with Crippen LogP contribution < -0.4 is 5.32 Å². The van der Waals surface area contributed by atoms with Crippen LogP contribution in [0.5, 0.6) is 0 Å². The molecule has 0 aliphatic heterocycles. The number of nitrogens with one attached hydrogen (secondary N) is 1. The summed E-state index contributed by atoms with van der Waals surface area (Å²) in [6, 6.07) is 8.68. The molecule has 0 bridgehead atoms. The van der Waals surface area contributed by atoms with E-state index in [1.54, 1.807) is 0 Å². The summed E-state index contributed by atoms with van der Waals surface area (Å²) in [6.07, 6.45) is 1.94.